The molecule has 0 aliphatic heterocycles. The Labute approximate surface area is 186 Å². The minimum Gasteiger partial charge on any atom is -0.487 e. The van der Waals surface area contributed by atoms with Crippen LogP contribution in [-0.4, -0.2) is 16.9 Å². The summed E-state index contributed by atoms with van der Waals surface area (Å²) in [4.78, 5) is 24.8. The van der Waals surface area contributed by atoms with Crippen LogP contribution in [0.4, 0.5) is 17.6 Å². The van der Waals surface area contributed by atoms with E-state index in [4.69, 9.17) is 4.74 Å². The summed E-state index contributed by atoms with van der Waals surface area (Å²) in [6.45, 7) is -0.155. The van der Waals surface area contributed by atoms with Crippen LogP contribution < -0.4 is 4.74 Å². The third-order valence-corrected chi connectivity index (χ3v) is 6.17. The molecule has 0 saturated heterocycles. The first-order valence-electron chi connectivity index (χ1n) is 10.4. The number of fused-ring (bicyclic) bond motifs is 1. The maximum atomic E-state index is 14.8. The second-order valence-electron chi connectivity index (χ2n) is 8.30. The van der Waals surface area contributed by atoms with Gasteiger partial charge in [-0.25, -0.2) is 4.39 Å². The Morgan fingerprint density at radius 1 is 1.00 bits per heavy atom. The molecule has 0 heterocycles. The molecule has 8 heteroatoms. The highest BCUT2D eigenvalue weighted by atomic mass is 19.4. The van der Waals surface area contributed by atoms with Gasteiger partial charge in [0.25, 0.3) is 0 Å². The van der Waals surface area contributed by atoms with Crippen LogP contribution in [0.15, 0.2) is 54.6 Å². The van der Waals surface area contributed by atoms with Crippen LogP contribution in [0.3, 0.4) is 0 Å². The van der Waals surface area contributed by atoms with Gasteiger partial charge < -0.3 is 9.84 Å². The van der Waals surface area contributed by atoms with Crippen LogP contribution in [-0.2, 0) is 17.6 Å². The Bertz CT molecular complexity index is 1210. The molecule has 0 spiro atoms. The van der Waals surface area contributed by atoms with E-state index < -0.39 is 34.7 Å². The van der Waals surface area contributed by atoms with Gasteiger partial charge in [0.1, 0.15) is 18.2 Å². The first-order chi connectivity index (χ1) is 15.6. The number of ether oxygens (including phenoxy) is 1. The Morgan fingerprint density at radius 3 is 2.18 bits per heavy atom. The molecular weight excluding hydrogens is 440 g/mol. The van der Waals surface area contributed by atoms with E-state index in [1.54, 1.807) is 18.2 Å². The number of carbonyl (C=O) groups is 2. The van der Waals surface area contributed by atoms with Crippen molar-refractivity contribution >= 4 is 22.5 Å². The smallest absolute Gasteiger partial charge is 0.416 e. The number of Topliss-reactive ketones (excluding diaryl/α,β-unsaturated/α-hetero) is 1. The standard InChI is InChI=1S/C25H20F4O4/c26-20-12-19(21(30)13-24(23(31)32)10-3-11-24)22(18-5-2-1-4-17(18)20)33-14-15-6-8-16(9-7-15)25(27,28)29/h1-2,4-9,12H,3,10-11,13-14H2,(H,31,32). The van der Waals surface area contributed by atoms with E-state index in [9.17, 15) is 32.3 Å². The van der Waals surface area contributed by atoms with Crippen molar-refractivity contribution < 1.29 is 37.0 Å². The lowest BCUT2D eigenvalue weighted by Gasteiger charge is -2.37. The lowest BCUT2D eigenvalue weighted by molar-refractivity contribution is -0.154. The van der Waals surface area contributed by atoms with Crippen LogP contribution in [0.2, 0.25) is 0 Å². The van der Waals surface area contributed by atoms with E-state index >= 15 is 0 Å². The number of benzene rings is 3. The number of rotatable bonds is 7. The number of hydrogen-bond acceptors (Lipinski definition) is 3. The number of carbonyl (C=O) groups excluding carboxylic acids is 1. The maximum absolute atomic E-state index is 14.8. The fourth-order valence-corrected chi connectivity index (χ4v) is 4.08. The molecule has 0 aromatic heterocycles. The van der Waals surface area contributed by atoms with Crippen molar-refractivity contribution in [2.75, 3.05) is 0 Å². The molecule has 3 aromatic carbocycles. The summed E-state index contributed by atoms with van der Waals surface area (Å²) in [5, 5.41) is 10.1. The summed E-state index contributed by atoms with van der Waals surface area (Å²) in [5.74, 6) is -2.18. The second-order valence-corrected chi connectivity index (χ2v) is 8.30. The highest BCUT2D eigenvalue weighted by Gasteiger charge is 2.46. The number of halogens is 4. The van der Waals surface area contributed by atoms with Crippen LogP contribution in [0.1, 0.15) is 47.2 Å². The first kappa shape index (κ1) is 22.8. The van der Waals surface area contributed by atoms with Gasteiger partial charge in [0.05, 0.1) is 16.5 Å². The van der Waals surface area contributed by atoms with E-state index in [1.807, 2.05) is 0 Å². The maximum Gasteiger partial charge on any atom is 0.416 e. The number of carboxylic acids is 1. The minimum absolute atomic E-state index is 0.0781. The van der Waals surface area contributed by atoms with E-state index in [0.717, 1.165) is 18.2 Å². The van der Waals surface area contributed by atoms with Gasteiger partial charge in [-0.1, -0.05) is 42.8 Å². The lowest BCUT2D eigenvalue weighted by atomic mass is 9.65. The lowest BCUT2D eigenvalue weighted by Crippen LogP contribution is -2.39. The Kier molecular flexibility index (Phi) is 5.86. The fourth-order valence-electron chi connectivity index (χ4n) is 4.08. The molecule has 0 bridgehead atoms. The average molecular weight is 460 g/mol. The molecule has 0 amide bonds. The zero-order valence-corrected chi connectivity index (χ0v) is 17.4. The fraction of sp³-hybridized carbons (Fsp3) is 0.280. The van der Waals surface area contributed by atoms with Crippen molar-refractivity contribution in [2.24, 2.45) is 5.41 Å². The zero-order chi connectivity index (χ0) is 23.8. The van der Waals surface area contributed by atoms with Crippen molar-refractivity contribution in [3.63, 3.8) is 0 Å². The van der Waals surface area contributed by atoms with Crippen LogP contribution in [0.5, 0.6) is 5.75 Å². The molecule has 0 unspecified atom stereocenters. The van der Waals surface area contributed by atoms with Crippen molar-refractivity contribution in [1.29, 1.82) is 0 Å². The summed E-state index contributed by atoms with van der Waals surface area (Å²) < 4.78 is 59.0. The third-order valence-electron chi connectivity index (χ3n) is 6.17. The highest BCUT2D eigenvalue weighted by molar-refractivity contribution is 6.06. The van der Waals surface area contributed by atoms with Gasteiger partial charge in [0.15, 0.2) is 5.78 Å². The molecule has 4 nitrogen and oxygen atoms in total. The van der Waals surface area contributed by atoms with Crippen molar-refractivity contribution in [3.8, 4) is 5.75 Å². The quantitative estimate of drug-likeness (QED) is 0.327. The number of ketones is 1. The highest BCUT2D eigenvalue weighted by Crippen LogP contribution is 2.46. The summed E-state index contributed by atoms with van der Waals surface area (Å²) in [6.07, 6.45) is -3.31. The molecular formula is C25H20F4O4. The average Bonchev–Trinajstić information content (AvgIpc) is 2.75. The van der Waals surface area contributed by atoms with Crippen LogP contribution in [0.25, 0.3) is 10.8 Å². The van der Waals surface area contributed by atoms with Gasteiger partial charge in [0.2, 0.25) is 0 Å². The molecule has 1 N–H and O–H groups in total. The van der Waals surface area contributed by atoms with Crippen LogP contribution in [0, 0.1) is 11.2 Å². The van der Waals surface area contributed by atoms with Crippen LogP contribution >= 0.6 is 0 Å². The second kappa shape index (κ2) is 8.50. The molecule has 0 radical (unpaired) electrons. The van der Waals surface area contributed by atoms with Crippen molar-refractivity contribution in [3.05, 3.63) is 77.1 Å². The number of alkyl halides is 3. The molecule has 3 aromatic rings. The summed E-state index contributed by atoms with van der Waals surface area (Å²) in [6, 6.07) is 11.8. The molecule has 33 heavy (non-hydrogen) atoms. The summed E-state index contributed by atoms with van der Waals surface area (Å²) in [5.41, 5.74) is -1.61. The van der Waals surface area contributed by atoms with Crippen molar-refractivity contribution in [2.45, 2.75) is 38.5 Å². The van der Waals surface area contributed by atoms with Gasteiger partial charge in [-0.15, -0.1) is 0 Å². The minimum atomic E-state index is -4.46. The number of aliphatic carboxylic acids is 1. The van der Waals surface area contributed by atoms with E-state index in [-0.39, 0.29) is 29.7 Å². The molecule has 0 atom stereocenters. The van der Waals surface area contributed by atoms with E-state index in [1.165, 1.54) is 18.2 Å². The topological polar surface area (TPSA) is 63.6 Å². The molecule has 1 saturated carbocycles. The summed E-state index contributed by atoms with van der Waals surface area (Å²) >= 11 is 0. The zero-order valence-electron chi connectivity index (χ0n) is 17.4. The van der Waals surface area contributed by atoms with Crippen molar-refractivity contribution in [1.82, 2.24) is 0 Å². The van der Waals surface area contributed by atoms with Gasteiger partial charge in [-0.3, -0.25) is 9.59 Å². The third kappa shape index (κ3) is 4.42. The number of carboxylic acid groups (broad SMARTS) is 1. The first-order valence-corrected chi connectivity index (χ1v) is 10.4. The van der Waals surface area contributed by atoms with E-state index in [2.05, 4.69) is 0 Å². The Hall–Kier alpha value is -3.42. The summed E-state index contributed by atoms with van der Waals surface area (Å²) in [7, 11) is 0. The van der Waals surface area contributed by atoms with Gasteiger partial charge in [0, 0.05) is 17.2 Å². The number of hydrogen-bond donors (Lipinski definition) is 1. The molecule has 172 valence electrons. The molecule has 4 rings (SSSR count). The normalized spacial score (nSPS) is 15.2. The van der Waals surface area contributed by atoms with Gasteiger partial charge in [-0.2, -0.15) is 13.2 Å². The Morgan fingerprint density at radius 2 is 1.64 bits per heavy atom. The Balaban J connectivity index is 1.68. The molecule has 1 aliphatic rings. The van der Waals surface area contributed by atoms with Gasteiger partial charge in [-0.05, 0) is 36.6 Å². The molecule has 1 aliphatic carbocycles. The largest absolute Gasteiger partial charge is 0.487 e. The van der Waals surface area contributed by atoms with Gasteiger partial charge >= 0.3 is 12.1 Å². The predicted molar refractivity (Wildman–Crippen MR) is 113 cm³/mol. The molecule has 1 fully saturated rings. The predicted octanol–water partition coefficient (Wildman–Crippen LogP) is 6.40. The SMILES string of the molecule is O=C(CC1(C(=O)O)CCC1)c1cc(F)c2ccccc2c1OCc1ccc(C(F)(F)F)cc1. The monoisotopic (exact) mass is 460 g/mol. The van der Waals surface area contributed by atoms with E-state index in [0.29, 0.717) is 30.2 Å².